The number of fused-ring (bicyclic) bond motifs is 2. The molecular weight excluding hydrogens is 420 g/mol. The third kappa shape index (κ3) is 3.34. The van der Waals surface area contributed by atoms with Gasteiger partial charge in [-0.05, 0) is 55.4 Å². The molecule has 0 bridgehead atoms. The highest BCUT2D eigenvalue weighted by atomic mass is 32.1. The maximum atomic E-state index is 13.4. The molecule has 3 amide bonds. The summed E-state index contributed by atoms with van der Waals surface area (Å²) in [5.74, 6) is -0.249. The number of nitrogens with zero attached hydrogens (tertiary/aromatic N) is 3. The van der Waals surface area contributed by atoms with Crippen molar-refractivity contribution in [2.45, 2.75) is 25.4 Å². The summed E-state index contributed by atoms with van der Waals surface area (Å²) in [6.45, 7) is 4.00. The first-order valence-electron chi connectivity index (χ1n) is 10.6. The summed E-state index contributed by atoms with van der Waals surface area (Å²) in [6.07, 6.45) is 0. The monoisotopic (exact) mass is 444 g/mol. The molecule has 4 aromatic rings. The molecule has 3 aromatic carbocycles. The number of nitrogens with one attached hydrogen (secondary N) is 1. The quantitative estimate of drug-likeness (QED) is 0.446. The number of carbonyl (C=O) groups excluding carboxylic acids is 2. The van der Waals surface area contributed by atoms with Crippen molar-refractivity contribution in [2.24, 2.45) is 0 Å². The van der Waals surface area contributed by atoms with Gasteiger partial charge < -0.3 is 5.32 Å². The van der Waals surface area contributed by atoms with Gasteiger partial charge in [0.05, 0.1) is 22.9 Å². The maximum Gasteiger partial charge on any atom is 0.326 e. The summed E-state index contributed by atoms with van der Waals surface area (Å²) < 4.78 is 1.13. The largest absolute Gasteiger partial charge is 0.326 e. The lowest BCUT2D eigenvalue weighted by atomic mass is 9.90. The number of hydrogen-bond donors (Lipinski definition) is 1. The highest BCUT2D eigenvalue weighted by Gasteiger charge is 2.49. The molecule has 0 saturated carbocycles. The lowest BCUT2D eigenvalue weighted by Crippen LogP contribution is -2.43. The summed E-state index contributed by atoms with van der Waals surface area (Å²) in [4.78, 5) is 34.2. The van der Waals surface area contributed by atoms with Gasteiger partial charge in [0, 0.05) is 0 Å². The first kappa shape index (κ1) is 20.6. The Balaban J connectivity index is 1.38. The highest BCUT2D eigenvalue weighted by Crippen LogP contribution is 2.33. The Bertz CT molecular complexity index is 1320. The number of para-hydroxylation sites is 1. The number of hydrogen-bond acceptors (Lipinski definition) is 5. The zero-order valence-electron chi connectivity index (χ0n) is 18.2. The molecule has 5 rings (SSSR count). The van der Waals surface area contributed by atoms with Gasteiger partial charge in [0.25, 0.3) is 5.91 Å². The van der Waals surface area contributed by atoms with Crippen LogP contribution in [0.25, 0.3) is 21.0 Å². The van der Waals surface area contributed by atoms with Crippen LogP contribution in [0.4, 0.5) is 4.79 Å². The molecule has 6 nitrogen and oxygen atoms in total. The molecule has 0 unspecified atom stereocenters. The van der Waals surface area contributed by atoms with E-state index in [1.165, 1.54) is 4.90 Å². The molecule has 1 fully saturated rings. The van der Waals surface area contributed by atoms with E-state index in [4.69, 9.17) is 4.98 Å². The van der Waals surface area contributed by atoms with Crippen LogP contribution >= 0.6 is 11.3 Å². The van der Waals surface area contributed by atoms with Gasteiger partial charge in [-0.25, -0.2) is 14.7 Å². The topological polar surface area (TPSA) is 65.5 Å². The molecule has 2 heterocycles. The van der Waals surface area contributed by atoms with Crippen molar-refractivity contribution in [3.63, 3.8) is 0 Å². The lowest BCUT2D eigenvalue weighted by Gasteiger charge is -2.27. The predicted molar refractivity (Wildman–Crippen MR) is 127 cm³/mol. The van der Waals surface area contributed by atoms with E-state index in [1.54, 1.807) is 18.3 Å². The number of thiazole rings is 1. The summed E-state index contributed by atoms with van der Waals surface area (Å²) >= 11 is 1.63. The van der Waals surface area contributed by atoms with E-state index in [1.807, 2.05) is 79.5 Å². The average Bonchev–Trinajstić information content (AvgIpc) is 3.33. The molecule has 162 valence electrons. The molecule has 0 aliphatic carbocycles. The number of carbonyl (C=O) groups is 2. The van der Waals surface area contributed by atoms with E-state index in [9.17, 15) is 9.59 Å². The number of benzene rings is 3. The van der Waals surface area contributed by atoms with Gasteiger partial charge in [-0.1, -0.05) is 48.5 Å². The normalized spacial score (nSPS) is 19.8. The first-order chi connectivity index (χ1) is 15.4. The van der Waals surface area contributed by atoms with Crippen LogP contribution < -0.4 is 5.32 Å². The highest BCUT2D eigenvalue weighted by molar-refractivity contribution is 7.18. The van der Waals surface area contributed by atoms with Crippen LogP contribution in [0.2, 0.25) is 0 Å². The Morgan fingerprint density at radius 2 is 1.78 bits per heavy atom. The second-order valence-electron chi connectivity index (χ2n) is 8.44. The van der Waals surface area contributed by atoms with E-state index in [0.29, 0.717) is 0 Å². The van der Waals surface area contributed by atoms with Gasteiger partial charge in [0.1, 0.15) is 10.5 Å². The fraction of sp³-hybridized carbons (Fsp3) is 0.240. The van der Waals surface area contributed by atoms with Crippen LogP contribution in [0.3, 0.4) is 0 Å². The minimum Gasteiger partial charge on any atom is -0.319 e. The minimum atomic E-state index is -1.10. The van der Waals surface area contributed by atoms with Crippen molar-refractivity contribution in [1.82, 2.24) is 20.1 Å². The first-order valence-corrected chi connectivity index (χ1v) is 11.4. The van der Waals surface area contributed by atoms with Crippen LogP contribution in [-0.2, 0) is 10.3 Å². The Hall–Kier alpha value is -3.29. The van der Waals surface area contributed by atoms with Gasteiger partial charge >= 0.3 is 6.03 Å². The Morgan fingerprint density at radius 1 is 1.06 bits per heavy atom. The van der Waals surface area contributed by atoms with Gasteiger partial charge in [-0.2, -0.15) is 0 Å². The summed E-state index contributed by atoms with van der Waals surface area (Å²) in [5.41, 5.74) is 0.645. The molecule has 2 atom stereocenters. The van der Waals surface area contributed by atoms with Gasteiger partial charge in [-0.15, -0.1) is 11.3 Å². The molecule has 1 aliphatic rings. The van der Waals surface area contributed by atoms with Crippen LogP contribution in [0.1, 0.15) is 30.5 Å². The second-order valence-corrected chi connectivity index (χ2v) is 9.51. The average molecular weight is 445 g/mol. The van der Waals surface area contributed by atoms with Crippen LogP contribution in [0, 0.1) is 0 Å². The maximum absolute atomic E-state index is 13.4. The van der Waals surface area contributed by atoms with Gasteiger partial charge in [-0.3, -0.25) is 9.69 Å². The van der Waals surface area contributed by atoms with Crippen molar-refractivity contribution in [3.05, 3.63) is 77.3 Å². The zero-order chi connectivity index (χ0) is 22.5. The van der Waals surface area contributed by atoms with Gasteiger partial charge in [0.15, 0.2) is 0 Å². The Kier molecular flexibility index (Phi) is 4.95. The second kappa shape index (κ2) is 7.69. The molecule has 1 aromatic heterocycles. The lowest BCUT2D eigenvalue weighted by molar-refractivity contribution is -0.132. The zero-order valence-corrected chi connectivity index (χ0v) is 19.0. The van der Waals surface area contributed by atoms with E-state index in [-0.39, 0.29) is 24.6 Å². The summed E-state index contributed by atoms with van der Waals surface area (Å²) in [5, 5.41) is 6.00. The van der Waals surface area contributed by atoms with Gasteiger partial charge in [0.2, 0.25) is 0 Å². The number of amides is 3. The predicted octanol–water partition coefficient (Wildman–Crippen LogP) is 4.87. The molecule has 1 aliphatic heterocycles. The van der Waals surface area contributed by atoms with Crippen molar-refractivity contribution >= 4 is 44.3 Å². The third-order valence-electron chi connectivity index (χ3n) is 6.30. The van der Waals surface area contributed by atoms with Crippen LogP contribution in [0.5, 0.6) is 0 Å². The Morgan fingerprint density at radius 3 is 2.56 bits per heavy atom. The Labute approximate surface area is 190 Å². The molecule has 1 saturated heterocycles. The minimum absolute atomic E-state index is 0.0412. The van der Waals surface area contributed by atoms with Crippen LogP contribution in [0.15, 0.2) is 66.7 Å². The molecule has 32 heavy (non-hydrogen) atoms. The number of imide groups is 1. The summed E-state index contributed by atoms with van der Waals surface area (Å²) in [6, 6.07) is 21.5. The van der Waals surface area contributed by atoms with Crippen LogP contribution in [-0.4, -0.2) is 40.4 Å². The standard InChI is InChI=1S/C25H24N4O2S/c1-16(22-26-20-10-6-7-11-21(20)32-22)28(3)15-29-23(30)25(2,27-24(29)31)19-13-12-17-8-4-5-9-18(17)14-19/h4-14,16H,15H2,1-3H3,(H,27,31)/t16-,25-/m0/s1. The molecule has 1 N–H and O–H groups in total. The molecule has 0 radical (unpaired) electrons. The molecular formula is C25H24N4O2S. The molecule has 7 heteroatoms. The third-order valence-corrected chi connectivity index (χ3v) is 7.50. The SMILES string of the molecule is C[C@@H](c1nc2ccccc2s1)N(C)CN1C(=O)N[C@@](C)(c2ccc3ccccc3c2)C1=O. The van der Waals surface area contributed by atoms with Crippen molar-refractivity contribution in [1.29, 1.82) is 0 Å². The smallest absolute Gasteiger partial charge is 0.319 e. The molecule has 0 spiro atoms. The van der Waals surface area contributed by atoms with Crippen molar-refractivity contribution < 1.29 is 9.59 Å². The number of aromatic nitrogens is 1. The fourth-order valence-corrected chi connectivity index (χ4v) is 5.21. The number of rotatable bonds is 5. The number of urea groups is 1. The van der Waals surface area contributed by atoms with Crippen molar-refractivity contribution in [2.75, 3.05) is 13.7 Å². The van der Waals surface area contributed by atoms with E-state index >= 15 is 0 Å². The van der Waals surface area contributed by atoms with E-state index < -0.39 is 5.54 Å². The van der Waals surface area contributed by atoms with Crippen molar-refractivity contribution in [3.8, 4) is 0 Å². The van der Waals surface area contributed by atoms with E-state index in [0.717, 1.165) is 31.6 Å². The van der Waals surface area contributed by atoms with E-state index in [2.05, 4.69) is 11.4 Å². The fourth-order valence-electron chi connectivity index (χ4n) is 4.12. The summed E-state index contributed by atoms with van der Waals surface area (Å²) in [7, 11) is 1.91.